The Balaban J connectivity index is 1.74. The largest absolute Gasteiger partial charge is 0.482 e. The van der Waals surface area contributed by atoms with E-state index >= 15 is 0 Å². The zero-order valence-electron chi connectivity index (χ0n) is 12.3. The van der Waals surface area contributed by atoms with E-state index in [1.807, 2.05) is 31.2 Å². The lowest BCUT2D eigenvalue weighted by Crippen LogP contribution is -2.39. The van der Waals surface area contributed by atoms with Gasteiger partial charge in [-0.25, -0.2) is 0 Å². The fraction of sp³-hybridized carbons (Fsp3) is 0.222. The first kappa shape index (κ1) is 14.2. The van der Waals surface area contributed by atoms with Crippen molar-refractivity contribution in [3.8, 4) is 11.8 Å². The van der Waals surface area contributed by atoms with Gasteiger partial charge in [-0.3, -0.25) is 4.79 Å². The van der Waals surface area contributed by atoms with Crippen molar-refractivity contribution < 1.29 is 9.53 Å². The van der Waals surface area contributed by atoms with Gasteiger partial charge >= 0.3 is 0 Å². The van der Waals surface area contributed by atoms with Crippen molar-refractivity contribution in [3.05, 3.63) is 59.7 Å². The van der Waals surface area contributed by atoms with Gasteiger partial charge in [0.2, 0.25) is 0 Å². The van der Waals surface area contributed by atoms with Crippen LogP contribution in [0, 0.1) is 11.3 Å². The lowest BCUT2D eigenvalue weighted by molar-refractivity contribution is -0.120. The summed E-state index contributed by atoms with van der Waals surface area (Å²) in [5.74, 6) is 0.351. The van der Waals surface area contributed by atoms with Gasteiger partial charge in [-0.05, 0) is 37.1 Å². The molecular weight excluding hydrogens is 276 g/mol. The Hall–Kier alpha value is -2.80. The Kier molecular flexibility index (Phi) is 3.80. The van der Waals surface area contributed by atoms with Crippen LogP contribution in [0.25, 0.3) is 0 Å². The number of amides is 1. The first-order valence-corrected chi connectivity index (χ1v) is 7.22. The van der Waals surface area contributed by atoms with Crippen LogP contribution in [0.5, 0.6) is 5.75 Å². The molecule has 1 heterocycles. The number of hydrogen-bond acceptors (Lipinski definition) is 3. The Morgan fingerprint density at radius 2 is 2.00 bits per heavy atom. The van der Waals surface area contributed by atoms with Gasteiger partial charge in [-0.2, -0.15) is 5.26 Å². The molecule has 1 aliphatic rings. The number of fused-ring (bicyclic) bond motifs is 1. The maximum Gasteiger partial charge on any atom is 0.265 e. The van der Waals surface area contributed by atoms with Gasteiger partial charge in [0.05, 0.1) is 5.56 Å². The summed E-state index contributed by atoms with van der Waals surface area (Å²) < 4.78 is 5.55. The topological polar surface area (TPSA) is 53.3 Å². The summed E-state index contributed by atoms with van der Waals surface area (Å²) in [4.78, 5) is 14.3. The lowest BCUT2D eigenvalue weighted by atomic mass is 10.1. The van der Waals surface area contributed by atoms with Crippen molar-refractivity contribution in [2.24, 2.45) is 0 Å². The van der Waals surface area contributed by atoms with E-state index in [2.05, 4.69) is 6.07 Å². The maximum absolute atomic E-state index is 12.5. The minimum atomic E-state index is -0.0924. The number of rotatable bonds is 3. The van der Waals surface area contributed by atoms with Gasteiger partial charge < -0.3 is 9.64 Å². The van der Waals surface area contributed by atoms with Crippen molar-refractivity contribution in [2.75, 3.05) is 11.5 Å². The van der Waals surface area contributed by atoms with Crippen LogP contribution in [0.1, 0.15) is 18.1 Å². The molecule has 110 valence electrons. The summed E-state index contributed by atoms with van der Waals surface area (Å²) in [7, 11) is 0. The third-order valence-electron chi connectivity index (χ3n) is 3.83. The molecule has 0 N–H and O–H groups in total. The molecule has 4 nitrogen and oxygen atoms in total. The Labute approximate surface area is 129 Å². The van der Waals surface area contributed by atoms with E-state index in [0.717, 1.165) is 12.1 Å². The van der Waals surface area contributed by atoms with Gasteiger partial charge in [0.1, 0.15) is 11.8 Å². The van der Waals surface area contributed by atoms with Crippen molar-refractivity contribution in [1.82, 2.24) is 0 Å². The number of carbonyl (C=O) groups excluding carboxylic acids is 1. The average Bonchev–Trinajstić information content (AvgIpc) is 2.88. The van der Waals surface area contributed by atoms with Crippen molar-refractivity contribution in [3.63, 3.8) is 0 Å². The second kappa shape index (κ2) is 5.90. The molecule has 2 aromatic carbocycles. The number of hydrogen-bond donors (Lipinski definition) is 0. The lowest BCUT2D eigenvalue weighted by Gasteiger charge is -2.22. The van der Waals surface area contributed by atoms with E-state index in [4.69, 9.17) is 10.00 Å². The molecule has 22 heavy (non-hydrogen) atoms. The molecule has 3 rings (SSSR count). The number of benzene rings is 2. The standard InChI is InChI=1S/C18H16N2O2/c1-13-10-14-6-2-4-8-16(14)20(13)18(21)12-22-17-9-5-3-7-15(17)11-19/h2-9,13H,10,12H2,1H3/t13-/m1/s1. The van der Waals surface area contributed by atoms with Crippen LogP contribution in [0.4, 0.5) is 5.69 Å². The van der Waals surface area contributed by atoms with Crippen LogP contribution in [0.3, 0.4) is 0 Å². The fourth-order valence-corrected chi connectivity index (χ4v) is 2.84. The van der Waals surface area contributed by atoms with Crippen molar-refractivity contribution >= 4 is 11.6 Å². The summed E-state index contributed by atoms with van der Waals surface area (Å²) in [6, 6.07) is 17.0. The molecule has 1 atom stereocenters. The van der Waals surface area contributed by atoms with Gasteiger partial charge in [0.25, 0.3) is 5.91 Å². The summed E-state index contributed by atoms with van der Waals surface area (Å²) in [5, 5.41) is 9.04. The van der Waals surface area contributed by atoms with E-state index in [-0.39, 0.29) is 18.6 Å². The van der Waals surface area contributed by atoms with Crippen LogP contribution in [0.2, 0.25) is 0 Å². The molecule has 0 unspecified atom stereocenters. The molecule has 0 aliphatic carbocycles. The van der Waals surface area contributed by atoms with Crippen LogP contribution < -0.4 is 9.64 Å². The van der Waals surface area contributed by atoms with Crippen molar-refractivity contribution in [1.29, 1.82) is 5.26 Å². The predicted octanol–water partition coefficient (Wildman–Crippen LogP) is 2.91. The number of carbonyl (C=O) groups is 1. The zero-order valence-corrected chi connectivity index (χ0v) is 12.3. The molecule has 1 aliphatic heterocycles. The quantitative estimate of drug-likeness (QED) is 0.874. The number of anilines is 1. The maximum atomic E-state index is 12.5. The minimum Gasteiger partial charge on any atom is -0.482 e. The molecule has 0 spiro atoms. The Bertz CT molecular complexity index is 749. The van der Waals surface area contributed by atoms with Crippen molar-refractivity contribution in [2.45, 2.75) is 19.4 Å². The SMILES string of the molecule is C[C@@H]1Cc2ccccc2N1C(=O)COc1ccccc1C#N. The monoisotopic (exact) mass is 292 g/mol. The Morgan fingerprint density at radius 3 is 2.82 bits per heavy atom. The third kappa shape index (κ3) is 2.53. The van der Waals surface area contributed by atoms with E-state index in [0.29, 0.717) is 11.3 Å². The summed E-state index contributed by atoms with van der Waals surface area (Å²) >= 11 is 0. The van der Waals surface area contributed by atoms with E-state index in [1.54, 1.807) is 29.2 Å². The highest BCUT2D eigenvalue weighted by atomic mass is 16.5. The molecule has 0 radical (unpaired) electrons. The minimum absolute atomic E-state index is 0.0721. The number of para-hydroxylation sites is 2. The predicted molar refractivity (Wildman–Crippen MR) is 83.7 cm³/mol. The van der Waals surface area contributed by atoms with Crippen LogP contribution >= 0.6 is 0 Å². The normalized spacial score (nSPS) is 16.0. The number of nitrogens with zero attached hydrogens (tertiary/aromatic N) is 2. The van der Waals surface area contributed by atoms with Crippen LogP contribution in [-0.2, 0) is 11.2 Å². The van der Waals surface area contributed by atoms with E-state index < -0.39 is 0 Å². The first-order chi connectivity index (χ1) is 10.7. The molecule has 0 fully saturated rings. The summed E-state index contributed by atoms with van der Waals surface area (Å²) in [5.41, 5.74) is 2.57. The Morgan fingerprint density at radius 1 is 1.27 bits per heavy atom. The van der Waals surface area contributed by atoms with Gasteiger partial charge in [-0.15, -0.1) is 0 Å². The van der Waals surface area contributed by atoms with Gasteiger partial charge in [0.15, 0.2) is 6.61 Å². The molecular formula is C18H16N2O2. The summed E-state index contributed by atoms with van der Waals surface area (Å²) in [6.45, 7) is 1.96. The highest BCUT2D eigenvalue weighted by Crippen LogP contribution is 2.31. The van der Waals surface area contributed by atoms with Gasteiger partial charge in [0, 0.05) is 11.7 Å². The molecule has 4 heteroatoms. The molecule has 0 bridgehead atoms. The number of nitriles is 1. The smallest absolute Gasteiger partial charge is 0.265 e. The molecule has 0 saturated heterocycles. The molecule has 0 saturated carbocycles. The molecule has 2 aromatic rings. The van der Waals surface area contributed by atoms with E-state index in [9.17, 15) is 4.79 Å². The molecule has 1 amide bonds. The van der Waals surface area contributed by atoms with Gasteiger partial charge in [-0.1, -0.05) is 30.3 Å². The first-order valence-electron chi connectivity index (χ1n) is 7.22. The molecule has 0 aromatic heterocycles. The highest BCUT2D eigenvalue weighted by molar-refractivity contribution is 5.97. The second-order valence-electron chi connectivity index (χ2n) is 5.34. The second-order valence-corrected chi connectivity index (χ2v) is 5.34. The zero-order chi connectivity index (χ0) is 15.5. The fourth-order valence-electron chi connectivity index (χ4n) is 2.84. The van der Waals surface area contributed by atoms with Crippen LogP contribution in [-0.4, -0.2) is 18.6 Å². The van der Waals surface area contributed by atoms with E-state index in [1.165, 1.54) is 5.56 Å². The van der Waals surface area contributed by atoms with Crippen LogP contribution in [0.15, 0.2) is 48.5 Å². The third-order valence-corrected chi connectivity index (χ3v) is 3.83. The summed E-state index contributed by atoms with van der Waals surface area (Å²) in [6.07, 6.45) is 0.858. The number of ether oxygens (including phenoxy) is 1. The highest BCUT2D eigenvalue weighted by Gasteiger charge is 2.30. The average molecular weight is 292 g/mol.